The second-order valence-electron chi connectivity index (χ2n) is 8.26. The maximum absolute atomic E-state index is 12.3. The Balaban J connectivity index is 1.22. The Morgan fingerprint density at radius 3 is 2.36 bits per heavy atom. The number of nitrogens with two attached hydrogens (primary N) is 1. The molecule has 1 aliphatic heterocycles. The maximum Gasteiger partial charge on any atom is 0.316 e. The van der Waals surface area contributed by atoms with E-state index in [2.05, 4.69) is 10.2 Å². The van der Waals surface area contributed by atoms with Crippen molar-refractivity contribution in [2.24, 2.45) is 5.73 Å². The molecule has 1 heterocycles. The van der Waals surface area contributed by atoms with Crippen LogP contribution in [0, 0.1) is 0 Å². The van der Waals surface area contributed by atoms with Gasteiger partial charge in [-0.3, -0.25) is 19.4 Å². The standard InChI is InChI=1S/C25H32N4O4/c1-28(18-19-9-8-10-20(17-19)27-25(26)32)14-16-33-15-7-3-2-6-13-29-23(30)21-11-4-5-12-22(21)24(29)31/h4-5,8-12,17H,2-3,6-7,13-16,18H2,1H3,(H3,26,27,32). The van der Waals surface area contributed by atoms with Crippen LogP contribution in [0.2, 0.25) is 0 Å². The Morgan fingerprint density at radius 1 is 0.970 bits per heavy atom. The summed E-state index contributed by atoms with van der Waals surface area (Å²) in [6.45, 7) is 3.35. The third-order valence-corrected chi connectivity index (χ3v) is 5.56. The zero-order valence-corrected chi connectivity index (χ0v) is 19.1. The van der Waals surface area contributed by atoms with E-state index in [1.165, 1.54) is 4.90 Å². The van der Waals surface area contributed by atoms with Crippen molar-refractivity contribution in [3.8, 4) is 0 Å². The number of rotatable bonds is 13. The highest BCUT2D eigenvalue weighted by Crippen LogP contribution is 2.22. The van der Waals surface area contributed by atoms with E-state index in [-0.39, 0.29) is 11.8 Å². The number of hydrogen-bond donors (Lipinski definition) is 2. The van der Waals surface area contributed by atoms with E-state index in [1.54, 1.807) is 30.3 Å². The first-order valence-corrected chi connectivity index (χ1v) is 11.3. The molecule has 0 bridgehead atoms. The van der Waals surface area contributed by atoms with E-state index in [1.807, 2.05) is 25.2 Å². The van der Waals surface area contributed by atoms with Crippen LogP contribution < -0.4 is 11.1 Å². The van der Waals surface area contributed by atoms with Crippen molar-refractivity contribution in [3.63, 3.8) is 0 Å². The third-order valence-electron chi connectivity index (χ3n) is 5.56. The van der Waals surface area contributed by atoms with Crippen LogP contribution in [0.5, 0.6) is 0 Å². The van der Waals surface area contributed by atoms with Crippen molar-refractivity contribution in [1.29, 1.82) is 0 Å². The van der Waals surface area contributed by atoms with Gasteiger partial charge in [0, 0.05) is 31.9 Å². The van der Waals surface area contributed by atoms with Gasteiger partial charge in [-0.15, -0.1) is 0 Å². The Kier molecular flexibility index (Phi) is 8.97. The topological polar surface area (TPSA) is 105 Å². The molecule has 1 aliphatic rings. The number of nitrogens with zero attached hydrogens (tertiary/aromatic N) is 2. The molecule has 0 aromatic heterocycles. The normalized spacial score (nSPS) is 13.0. The number of carbonyl (C=O) groups excluding carboxylic acids is 3. The summed E-state index contributed by atoms with van der Waals surface area (Å²) in [4.78, 5) is 39.2. The summed E-state index contributed by atoms with van der Waals surface area (Å²) in [7, 11) is 2.02. The van der Waals surface area contributed by atoms with Crippen LogP contribution in [-0.2, 0) is 11.3 Å². The smallest absolute Gasteiger partial charge is 0.316 e. The largest absolute Gasteiger partial charge is 0.380 e. The number of ether oxygens (including phenoxy) is 1. The minimum Gasteiger partial charge on any atom is -0.380 e. The van der Waals surface area contributed by atoms with Crippen LogP contribution in [0.4, 0.5) is 10.5 Å². The number of amides is 4. The van der Waals surface area contributed by atoms with E-state index in [4.69, 9.17) is 10.5 Å². The molecule has 176 valence electrons. The molecule has 0 atom stereocenters. The van der Waals surface area contributed by atoms with Crippen molar-refractivity contribution in [1.82, 2.24) is 9.80 Å². The van der Waals surface area contributed by atoms with E-state index < -0.39 is 6.03 Å². The lowest BCUT2D eigenvalue weighted by Crippen LogP contribution is -2.30. The van der Waals surface area contributed by atoms with E-state index in [0.29, 0.717) is 36.6 Å². The first-order valence-electron chi connectivity index (χ1n) is 11.3. The quantitative estimate of drug-likeness (QED) is 0.358. The lowest BCUT2D eigenvalue weighted by atomic mass is 10.1. The second-order valence-corrected chi connectivity index (χ2v) is 8.26. The molecular weight excluding hydrogens is 420 g/mol. The van der Waals surface area contributed by atoms with E-state index in [9.17, 15) is 14.4 Å². The first-order chi connectivity index (χ1) is 16.0. The highest BCUT2D eigenvalue weighted by molar-refractivity contribution is 6.21. The predicted octanol–water partition coefficient (Wildman–Crippen LogP) is 3.48. The van der Waals surface area contributed by atoms with Crippen LogP contribution >= 0.6 is 0 Å². The van der Waals surface area contributed by atoms with Gasteiger partial charge in [0.25, 0.3) is 11.8 Å². The lowest BCUT2D eigenvalue weighted by Gasteiger charge is -2.17. The van der Waals surface area contributed by atoms with Gasteiger partial charge < -0.3 is 15.8 Å². The summed E-state index contributed by atoms with van der Waals surface area (Å²) in [6, 6.07) is 14.0. The van der Waals surface area contributed by atoms with Crippen LogP contribution in [-0.4, -0.2) is 61.0 Å². The highest BCUT2D eigenvalue weighted by atomic mass is 16.5. The molecule has 0 unspecified atom stereocenters. The van der Waals surface area contributed by atoms with E-state index in [0.717, 1.165) is 44.3 Å². The number of urea groups is 1. The first kappa shape index (κ1) is 24.4. The molecule has 8 heteroatoms. The molecule has 3 N–H and O–H groups in total. The molecule has 8 nitrogen and oxygen atoms in total. The molecular formula is C25H32N4O4. The molecule has 0 radical (unpaired) electrons. The zero-order chi connectivity index (χ0) is 23.6. The molecule has 2 aromatic rings. The van der Waals surface area contributed by atoms with Crippen molar-refractivity contribution in [3.05, 3.63) is 65.2 Å². The van der Waals surface area contributed by atoms with Gasteiger partial charge in [-0.1, -0.05) is 37.1 Å². The number of likely N-dealkylation sites (N-methyl/N-ethyl adjacent to an activating group) is 1. The van der Waals surface area contributed by atoms with Crippen molar-refractivity contribution in [2.75, 3.05) is 38.7 Å². The molecule has 4 amide bonds. The molecule has 33 heavy (non-hydrogen) atoms. The maximum atomic E-state index is 12.3. The Hall–Kier alpha value is -3.23. The van der Waals surface area contributed by atoms with Gasteiger partial charge in [-0.25, -0.2) is 4.79 Å². The average molecular weight is 453 g/mol. The predicted molar refractivity (Wildman–Crippen MR) is 127 cm³/mol. The Labute approximate surface area is 194 Å². The summed E-state index contributed by atoms with van der Waals surface area (Å²) in [5, 5.41) is 2.58. The Bertz CT molecular complexity index is 943. The minimum atomic E-state index is -0.572. The summed E-state index contributed by atoms with van der Waals surface area (Å²) < 4.78 is 5.74. The molecule has 0 aliphatic carbocycles. The van der Waals surface area contributed by atoms with Gasteiger partial charge in [-0.05, 0) is 49.7 Å². The molecule has 0 fully saturated rings. The number of benzene rings is 2. The van der Waals surface area contributed by atoms with Gasteiger partial charge in [0.15, 0.2) is 0 Å². The minimum absolute atomic E-state index is 0.182. The number of nitrogens with one attached hydrogen (secondary N) is 1. The number of imide groups is 1. The number of primary amides is 1. The Morgan fingerprint density at radius 2 is 1.67 bits per heavy atom. The molecule has 0 spiro atoms. The summed E-state index contributed by atoms with van der Waals surface area (Å²) in [5.74, 6) is -0.363. The SMILES string of the molecule is CN(CCOCCCCCCN1C(=O)c2ccccc2C1=O)Cc1cccc(NC(N)=O)c1. The third kappa shape index (κ3) is 7.13. The van der Waals surface area contributed by atoms with Crippen LogP contribution in [0.15, 0.2) is 48.5 Å². The van der Waals surface area contributed by atoms with Gasteiger partial charge >= 0.3 is 6.03 Å². The van der Waals surface area contributed by atoms with Gasteiger partial charge in [0.2, 0.25) is 0 Å². The number of unbranched alkanes of at least 4 members (excludes halogenated alkanes) is 3. The number of carbonyl (C=O) groups is 3. The zero-order valence-electron chi connectivity index (χ0n) is 19.1. The number of fused-ring (bicyclic) bond motifs is 1. The van der Waals surface area contributed by atoms with E-state index >= 15 is 0 Å². The van der Waals surface area contributed by atoms with Crippen LogP contribution in [0.3, 0.4) is 0 Å². The van der Waals surface area contributed by atoms with Crippen molar-refractivity contribution in [2.45, 2.75) is 32.2 Å². The number of hydrogen-bond acceptors (Lipinski definition) is 5. The number of anilines is 1. The molecule has 2 aromatic carbocycles. The van der Waals surface area contributed by atoms with Crippen LogP contribution in [0.1, 0.15) is 52.0 Å². The fraction of sp³-hybridized carbons (Fsp3) is 0.400. The lowest BCUT2D eigenvalue weighted by molar-refractivity contribution is 0.0650. The molecule has 3 rings (SSSR count). The highest BCUT2D eigenvalue weighted by Gasteiger charge is 2.34. The summed E-state index contributed by atoms with van der Waals surface area (Å²) in [6.07, 6.45) is 3.70. The fourth-order valence-corrected chi connectivity index (χ4v) is 3.87. The summed E-state index contributed by atoms with van der Waals surface area (Å²) in [5.41, 5.74) is 7.95. The fourth-order valence-electron chi connectivity index (χ4n) is 3.87. The molecule has 0 saturated carbocycles. The monoisotopic (exact) mass is 452 g/mol. The summed E-state index contributed by atoms with van der Waals surface area (Å²) >= 11 is 0. The van der Waals surface area contributed by atoms with Crippen molar-refractivity contribution < 1.29 is 19.1 Å². The van der Waals surface area contributed by atoms with Crippen molar-refractivity contribution >= 4 is 23.5 Å². The van der Waals surface area contributed by atoms with Gasteiger partial charge in [0.1, 0.15) is 0 Å². The second kappa shape index (κ2) is 12.1. The van der Waals surface area contributed by atoms with Gasteiger partial charge in [0.05, 0.1) is 17.7 Å². The van der Waals surface area contributed by atoms with Gasteiger partial charge in [-0.2, -0.15) is 0 Å². The van der Waals surface area contributed by atoms with Crippen LogP contribution in [0.25, 0.3) is 0 Å². The molecule has 0 saturated heterocycles. The average Bonchev–Trinajstić information content (AvgIpc) is 3.02.